The maximum absolute atomic E-state index is 6.12. The Labute approximate surface area is 160 Å². The standard InChI is InChI=1S/C23H24N2O2/c1-26-21-10-13-25-20(15-21)16-27-23-5-3-2-4-22(23)19-7-6-17-8-11-24-12-9-18(17)14-19/h2-7,10,13-15,24H,8-9,11-12,16H2,1H3. The summed E-state index contributed by atoms with van der Waals surface area (Å²) in [5.74, 6) is 1.66. The highest BCUT2D eigenvalue weighted by molar-refractivity contribution is 5.71. The number of hydrogen-bond donors (Lipinski definition) is 1. The number of nitrogens with zero attached hydrogens (tertiary/aromatic N) is 1. The Morgan fingerprint density at radius 3 is 2.70 bits per heavy atom. The first-order valence-corrected chi connectivity index (χ1v) is 9.37. The molecule has 1 N–H and O–H groups in total. The second-order valence-electron chi connectivity index (χ2n) is 6.71. The number of nitrogens with one attached hydrogen (secondary N) is 1. The lowest BCUT2D eigenvalue weighted by atomic mass is 9.96. The molecule has 1 aliphatic heterocycles. The summed E-state index contributed by atoms with van der Waals surface area (Å²) < 4.78 is 11.4. The molecule has 4 rings (SSSR count). The van der Waals surface area contributed by atoms with Gasteiger partial charge in [-0.3, -0.25) is 4.98 Å². The van der Waals surface area contributed by atoms with Crippen LogP contribution in [0, 0.1) is 0 Å². The van der Waals surface area contributed by atoms with Crippen LogP contribution in [0.5, 0.6) is 11.5 Å². The molecular weight excluding hydrogens is 336 g/mol. The van der Waals surface area contributed by atoms with Gasteiger partial charge in [0.2, 0.25) is 0 Å². The molecule has 1 aliphatic rings. The van der Waals surface area contributed by atoms with Crippen molar-refractivity contribution in [1.29, 1.82) is 0 Å². The van der Waals surface area contributed by atoms with Gasteiger partial charge < -0.3 is 14.8 Å². The van der Waals surface area contributed by atoms with Crippen molar-refractivity contribution < 1.29 is 9.47 Å². The number of rotatable bonds is 5. The summed E-state index contributed by atoms with van der Waals surface area (Å²) in [4.78, 5) is 4.36. The molecule has 138 valence electrons. The van der Waals surface area contributed by atoms with Crippen molar-refractivity contribution >= 4 is 0 Å². The van der Waals surface area contributed by atoms with E-state index in [0.717, 1.165) is 48.7 Å². The van der Waals surface area contributed by atoms with E-state index in [9.17, 15) is 0 Å². The Kier molecular flexibility index (Phi) is 5.35. The van der Waals surface area contributed by atoms with Gasteiger partial charge in [-0.05, 0) is 54.8 Å². The zero-order valence-electron chi connectivity index (χ0n) is 15.6. The fraction of sp³-hybridized carbons (Fsp3) is 0.261. The van der Waals surface area contributed by atoms with Gasteiger partial charge in [-0.25, -0.2) is 0 Å². The van der Waals surface area contributed by atoms with E-state index in [0.29, 0.717) is 6.61 Å². The van der Waals surface area contributed by atoms with E-state index >= 15 is 0 Å². The molecule has 0 saturated heterocycles. The zero-order valence-corrected chi connectivity index (χ0v) is 15.6. The topological polar surface area (TPSA) is 43.4 Å². The van der Waals surface area contributed by atoms with Crippen molar-refractivity contribution in [2.75, 3.05) is 20.2 Å². The number of ether oxygens (including phenoxy) is 2. The number of aromatic nitrogens is 1. The number of pyridine rings is 1. The van der Waals surface area contributed by atoms with Gasteiger partial charge >= 0.3 is 0 Å². The van der Waals surface area contributed by atoms with Gasteiger partial charge in [0.25, 0.3) is 0 Å². The molecule has 0 aliphatic carbocycles. The van der Waals surface area contributed by atoms with Gasteiger partial charge in [0.15, 0.2) is 0 Å². The number of benzene rings is 2. The molecule has 1 aromatic heterocycles. The van der Waals surface area contributed by atoms with Crippen molar-refractivity contribution in [1.82, 2.24) is 10.3 Å². The van der Waals surface area contributed by atoms with Gasteiger partial charge in [0, 0.05) is 17.8 Å². The summed E-state index contributed by atoms with van der Waals surface area (Å²) in [5.41, 5.74) is 6.03. The molecule has 0 saturated carbocycles. The molecule has 0 fully saturated rings. The highest BCUT2D eigenvalue weighted by atomic mass is 16.5. The SMILES string of the molecule is COc1ccnc(COc2ccccc2-c2ccc3c(c2)CCNCC3)c1. The van der Waals surface area contributed by atoms with Gasteiger partial charge in [-0.1, -0.05) is 36.4 Å². The van der Waals surface area contributed by atoms with Gasteiger partial charge in [0.05, 0.1) is 12.8 Å². The number of fused-ring (bicyclic) bond motifs is 1. The Hall–Kier alpha value is -2.85. The van der Waals surface area contributed by atoms with E-state index in [4.69, 9.17) is 9.47 Å². The molecule has 0 unspecified atom stereocenters. The zero-order chi connectivity index (χ0) is 18.5. The first-order chi connectivity index (χ1) is 13.3. The Bertz CT molecular complexity index is 924. The molecular formula is C23H24N2O2. The molecule has 4 nitrogen and oxygen atoms in total. The highest BCUT2D eigenvalue weighted by Gasteiger charge is 2.12. The van der Waals surface area contributed by atoms with Crippen molar-refractivity contribution in [3.63, 3.8) is 0 Å². The molecule has 0 bridgehead atoms. The van der Waals surface area contributed by atoms with E-state index in [1.54, 1.807) is 13.3 Å². The maximum atomic E-state index is 6.12. The van der Waals surface area contributed by atoms with Crippen LogP contribution < -0.4 is 14.8 Å². The summed E-state index contributed by atoms with van der Waals surface area (Å²) >= 11 is 0. The summed E-state index contributed by atoms with van der Waals surface area (Å²) in [6, 6.07) is 18.7. The van der Waals surface area contributed by atoms with Crippen LogP contribution in [0.2, 0.25) is 0 Å². The van der Waals surface area contributed by atoms with Crippen LogP contribution in [-0.4, -0.2) is 25.2 Å². The van der Waals surface area contributed by atoms with E-state index in [2.05, 4.69) is 40.6 Å². The first kappa shape index (κ1) is 17.6. The molecule has 27 heavy (non-hydrogen) atoms. The Morgan fingerprint density at radius 1 is 0.963 bits per heavy atom. The van der Waals surface area contributed by atoms with Crippen LogP contribution in [-0.2, 0) is 19.4 Å². The van der Waals surface area contributed by atoms with Crippen LogP contribution >= 0.6 is 0 Å². The average molecular weight is 360 g/mol. The van der Waals surface area contributed by atoms with Crippen molar-refractivity contribution in [2.45, 2.75) is 19.4 Å². The molecule has 4 heteroatoms. The third-order valence-corrected chi connectivity index (χ3v) is 4.95. The van der Waals surface area contributed by atoms with Crippen LogP contribution in [0.4, 0.5) is 0 Å². The molecule has 2 heterocycles. The summed E-state index contributed by atoms with van der Waals surface area (Å²) in [6.45, 7) is 2.50. The number of hydrogen-bond acceptors (Lipinski definition) is 4. The Balaban J connectivity index is 1.58. The minimum Gasteiger partial charge on any atom is -0.497 e. The minimum atomic E-state index is 0.406. The largest absolute Gasteiger partial charge is 0.497 e. The van der Waals surface area contributed by atoms with Crippen LogP contribution in [0.1, 0.15) is 16.8 Å². The summed E-state index contributed by atoms with van der Waals surface area (Å²) in [5, 5.41) is 3.47. The maximum Gasteiger partial charge on any atom is 0.130 e. The monoisotopic (exact) mass is 360 g/mol. The predicted molar refractivity (Wildman–Crippen MR) is 107 cm³/mol. The van der Waals surface area contributed by atoms with Crippen molar-refractivity contribution in [3.8, 4) is 22.6 Å². The second kappa shape index (κ2) is 8.23. The number of methoxy groups -OCH3 is 1. The highest BCUT2D eigenvalue weighted by Crippen LogP contribution is 2.32. The van der Waals surface area contributed by atoms with Crippen molar-refractivity contribution in [2.24, 2.45) is 0 Å². The van der Waals surface area contributed by atoms with E-state index in [-0.39, 0.29) is 0 Å². The normalized spacial score (nSPS) is 13.5. The van der Waals surface area contributed by atoms with Crippen LogP contribution in [0.15, 0.2) is 60.8 Å². The third-order valence-electron chi connectivity index (χ3n) is 4.95. The molecule has 0 radical (unpaired) electrons. The van der Waals surface area contributed by atoms with E-state index in [1.807, 2.05) is 24.3 Å². The van der Waals surface area contributed by atoms with E-state index in [1.165, 1.54) is 16.7 Å². The van der Waals surface area contributed by atoms with Crippen LogP contribution in [0.3, 0.4) is 0 Å². The lowest BCUT2D eigenvalue weighted by Crippen LogP contribution is -2.16. The quantitative estimate of drug-likeness (QED) is 0.746. The molecule has 0 atom stereocenters. The predicted octanol–water partition coefficient (Wildman–Crippen LogP) is 4.02. The average Bonchev–Trinajstić information content (AvgIpc) is 2.97. The van der Waals surface area contributed by atoms with Crippen molar-refractivity contribution in [3.05, 3.63) is 77.6 Å². The molecule has 0 spiro atoms. The Morgan fingerprint density at radius 2 is 1.81 bits per heavy atom. The second-order valence-corrected chi connectivity index (χ2v) is 6.71. The van der Waals surface area contributed by atoms with Gasteiger partial charge in [0.1, 0.15) is 18.1 Å². The molecule has 0 amide bonds. The minimum absolute atomic E-state index is 0.406. The van der Waals surface area contributed by atoms with E-state index < -0.39 is 0 Å². The lowest BCUT2D eigenvalue weighted by Gasteiger charge is -2.14. The number of para-hydroxylation sites is 1. The van der Waals surface area contributed by atoms with Crippen LogP contribution in [0.25, 0.3) is 11.1 Å². The molecule has 2 aromatic carbocycles. The molecule has 3 aromatic rings. The fourth-order valence-corrected chi connectivity index (χ4v) is 3.49. The first-order valence-electron chi connectivity index (χ1n) is 9.37. The summed E-state index contributed by atoms with van der Waals surface area (Å²) in [7, 11) is 1.66. The summed E-state index contributed by atoms with van der Waals surface area (Å²) in [6.07, 6.45) is 3.90. The van der Waals surface area contributed by atoms with Gasteiger partial charge in [-0.15, -0.1) is 0 Å². The third kappa shape index (κ3) is 4.12. The lowest BCUT2D eigenvalue weighted by molar-refractivity contribution is 0.301. The fourth-order valence-electron chi connectivity index (χ4n) is 3.49. The van der Waals surface area contributed by atoms with Gasteiger partial charge in [-0.2, -0.15) is 0 Å². The smallest absolute Gasteiger partial charge is 0.130 e.